The molecule has 14 aromatic carbocycles. The van der Waals surface area contributed by atoms with Gasteiger partial charge in [0.15, 0.2) is 5.75 Å². The van der Waals surface area contributed by atoms with Gasteiger partial charge in [-0.25, -0.2) is 0 Å². The number of hydrogen-bond acceptors (Lipinski definition) is 7. The largest absolute Gasteiger partial charge is 0.534 e. The SMILES string of the molecule is C.[2H]c1c([2H])c([2H])c(-c2c3ccccc3c(-c3cccc4oc5c(-c6c([2H])c([2H])c([2H])c([2H])c6[2H])cccc5c34)c3ccccc23)c([2H])c1[2H].[2H]c1c([2H])c([2H])c(-c2c3ccccc3c(B(O)O)c3ccccc23)c([2H])c1[2H].[2H]c1c([2H])c([2H])c(-c2cccc3c2oc2cccc(OS(=O)(=O)C(F)(F)F)c23)c([2H])c1[2H]. The van der Waals surface area contributed by atoms with E-state index in [2.05, 4.69) is 4.18 Å². The van der Waals surface area contributed by atoms with Crippen molar-refractivity contribution in [3.63, 3.8) is 0 Å². The third kappa shape index (κ3) is 10.5. The van der Waals surface area contributed by atoms with Crippen LogP contribution in [-0.4, -0.2) is 31.1 Å². The summed E-state index contributed by atoms with van der Waals surface area (Å²) in [5, 5.41) is 26.8. The zero-order valence-corrected chi connectivity index (χ0v) is 46.5. The number of alkyl halides is 3. The molecule has 0 aliphatic carbocycles. The summed E-state index contributed by atoms with van der Waals surface area (Å²) in [7, 11) is -7.67. The molecule has 16 aromatic rings. The van der Waals surface area contributed by atoms with Crippen molar-refractivity contribution in [2.45, 2.75) is 12.9 Å². The lowest BCUT2D eigenvalue weighted by Gasteiger charge is -2.18. The fourth-order valence-corrected chi connectivity index (χ4v) is 11.9. The second-order valence-corrected chi connectivity index (χ2v) is 21.5. The summed E-state index contributed by atoms with van der Waals surface area (Å²) >= 11 is 0. The molecule has 0 atom stereocenters. The molecule has 2 aromatic heterocycles. The first-order valence-corrected chi connectivity index (χ1v) is 28.5. The molecule has 0 aliphatic rings. The summed E-state index contributed by atoms with van der Waals surface area (Å²) in [6, 6.07) is 39.8. The van der Waals surface area contributed by atoms with Crippen molar-refractivity contribution in [3.8, 4) is 61.4 Å². The monoisotopic (exact) mass is 1220 g/mol. The van der Waals surface area contributed by atoms with Crippen LogP contribution in [0, 0.1) is 0 Å². The van der Waals surface area contributed by atoms with Gasteiger partial charge in [0.25, 0.3) is 0 Å². The molecule has 12 heteroatoms. The molecule has 0 spiro atoms. The molecule has 2 heterocycles. The average molecular weight is 1220 g/mol. The molecule has 0 radical (unpaired) electrons. The zero-order chi connectivity index (χ0) is 78.2. The highest BCUT2D eigenvalue weighted by Gasteiger charge is 2.49. The van der Waals surface area contributed by atoms with Gasteiger partial charge < -0.3 is 23.1 Å². The second-order valence-electron chi connectivity index (χ2n) is 20.0. The van der Waals surface area contributed by atoms with Crippen LogP contribution >= 0.6 is 0 Å². The van der Waals surface area contributed by atoms with Crippen molar-refractivity contribution < 1.29 is 72.1 Å². The van der Waals surface area contributed by atoms with Gasteiger partial charge in [0, 0.05) is 27.3 Å². The van der Waals surface area contributed by atoms with Crippen molar-refractivity contribution in [2.24, 2.45) is 0 Å². The van der Waals surface area contributed by atoms with Crippen molar-refractivity contribution in [1.29, 1.82) is 0 Å². The Labute approximate surface area is 545 Å². The lowest BCUT2D eigenvalue weighted by atomic mass is 9.72. The highest BCUT2D eigenvalue weighted by molar-refractivity contribution is 7.88. The molecule has 90 heavy (non-hydrogen) atoms. The van der Waals surface area contributed by atoms with Gasteiger partial charge in [-0.05, 0) is 111 Å². The summed E-state index contributed by atoms with van der Waals surface area (Å²) < 4.78 is 243. The van der Waals surface area contributed by atoms with Gasteiger partial charge in [-0.1, -0.05) is 280 Å². The van der Waals surface area contributed by atoms with E-state index in [0.717, 1.165) is 33.4 Å². The van der Waals surface area contributed by atoms with E-state index in [9.17, 15) is 31.6 Å². The molecule has 0 saturated carbocycles. The Bertz CT molecular complexity index is 6510. The molecule has 0 aliphatic heterocycles. The van der Waals surface area contributed by atoms with Crippen LogP contribution in [0.5, 0.6) is 5.75 Å². The maximum atomic E-state index is 12.8. The van der Waals surface area contributed by atoms with Crippen molar-refractivity contribution in [3.05, 3.63) is 291 Å². The third-order valence-corrected chi connectivity index (χ3v) is 15.9. The van der Waals surface area contributed by atoms with Gasteiger partial charge in [-0.3, -0.25) is 0 Å². The average Bonchev–Trinajstić information content (AvgIpc) is 0.786. The van der Waals surface area contributed by atoms with Gasteiger partial charge in [0.05, 0.1) is 32.8 Å². The molecule has 0 saturated heterocycles. The first-order chi connectivity index (χ1) is 51.7. The molecule has 2 N–H and O–H groups in total. The Morgan fingerprint density at radius 2 is 0.700 bits per heavy atom. The van der Waals surface area contributed by atoms with E-state index in [1.807, 2.05) is 72.8 Å². The molecular formula is C78H54BF3O7S. The van der Waals surface area contributed by atoms with E-state index in [-0.39, 0.29) is 93.4 Å². The van der Waals surface area contributed by atoms with E-state index < -0.39 is 113 Å². The molecule has 0 unspecified atom stereocenters. The second kappa shape index (κ2) is 24.1. The summed E-state index contributed by atoms with van der Waals surface area (Å²) in [6.07, 6.45) is 0. The Morgan fingerprint density at radius 1 is 0.378 bits per heavy atom. The predicted octanol–water partition coefficient (Wildman–Crippen LogP) is 20.4. The molecular weight excluding hydrogens is 1150 g/mol. The summed E-state index contributed by atoms with van der Waals surface area (Å²) in [5.41, 5.74) is -1.19. The van der Waals surface area contributed by atoms with Crippen LogP contribution < -0.4 is 9.65 Å². The molecule has 16 rings (SSSR count). The summed E-state index contributed by atoms with van der Waals surface area (Å²) in [4.78, 5) is 0. The minimum atomic E-state index is -5.95. The Balaban J connectivity index is 0.000000152. The van der Waals surface area contributed by atoms with Crippen LogP contribution in [0.3, 0.4) is 0 Å². The fraction of sp³-hybridized carbons (Fsp3) is 0.0256. The third-order valence-electron chi connectivity index (χ3n) is 15.0. The highest BCUT2D eigenvalue weighted by atomic mass is 32.2. The minimum Gasteiger partial charge on any atom is -0.455 e. The maximum absolute atomic E-state index is 12.8. The van der Waals surface area contributed by atoms with Gasteiger partial charge in [-0.15, -0.1) is 0 Å². The van der Waals surface area contributed by atoms with Gasteiger partial charge >= 0.3 is 22.7 Å². The standard InChI is InChI=1S/C38H24O.C20H15BO2.C19H11F3O4S.CH4/c1-3-13-25(14-4-1)27-21-11-23-33-37-32(22-12-24-34(37)39-38(27)33)36-30-19-9-7-17-28(30)35(26-15-5-2-6-16-26)29-18-8-10-20-31(29)36;22-21(23)20-17-12-6-4-10-15(17)19(14-8-2-1-3-9-14)16-11-5-7-13-18(16)20;20-19(21,22)27(23,24)26-16-11-5-10-15-17(16)14-9-4-8-13(18(14)25-15)12-6-2-1-3-7-12;/h1-24H;1-13,22-23H;1-11H;1H4/i1D,2D,3D,4D,5D,6D,13D,14D,15D,16D;1D,2D,3D,8D,9D;1D,2D,3D,6D,7D;. The van der Waals surface area contributed by atoms with Crippen LogP contribution in [0.25, 0.3) is 143 Å². The van der Waals surface area contributed by atoms with Crippen LogP contribution in [0.1, 0.15) is 34.8 Å². The Morgan fingerprint density at radius 3 is 1.11 bits per heavy atom. The molecule has 0 fully saturated rings. The number of hydrogen-bond donors (Lipinski definition) is 2. The first-order valence-electron chi connectivity index (χ1n) is 37.1. The van der Waals surface area contributed by atoms with E-state index in [1.165, 1.54) is 30.3 Å². The number of furan rings is 2. The van der Waals surface area contributed by atoms with E-state index >= 15 is 0 Å². The number of benzene rings is 14. The number of halogens is 3. The first kappa shape index (κ1) is 39.2. The number of fused-ring (bicyclic) bond motifs is 10. The quantitative estimate of drug-likeness (QED) is 0.0675. The lowest BCUT2D eigenvalue weighted by molar-refractivity contribution is -0.0499. The predicted molar refractivity (Wildman–Crippen MR) is 363 cm³/mol. The maximum Gasteiger partial charge on any atom is 0.534 e. The molecule has 438 valence electrons. The van der Waals surface area contributed by atoms with E-state index in [1.54, 1.807) is 60.7 Å². The lowest BCUT2D eigenvalue weighted by Crippen LogP contribution is -2.31. The van der Waals surface area contributed by atoms with E-state index in [4.69, 9.17) is 36.2 Å². The van der Waals surface area contributed by atoms with Gasteiger partial charge in [-0.2, -0.15) is 21.6 Å². The number of rotatable bonds is 8. The van der Waals surface area contributed by atoms with Crippen LogP contribution in [0.4, 0.5) is 13.2 Å². The fourth-order valence-electron chi connectivity index (χ4n) is 11.4. The van der Waals surface area contributed by atoms with Crippen LogP contribution in [-0.2, 0) is 10.1 Å². The Kier molecular flexibility index (Phi) is 10.5. The van der Waals surface area contributed by atoms with Crippen molar-refractivity contribution in [2.75, 3.05) is 0 Å². The topological polar surface area (TPSA) is 110 Å². The minimum absolute atomic E-state index is 0. The van der Waals surface area contributed by atoms with Crippen molar-refractivity contribution in [1.82, 2.24) is 0 Å². The van der Waals surface area contributed by atoms with Crippen LogP contribution in [0.15, 0.2) is 300 Å². The molecule has 7 nitrogen and oxygen atoms in total. The van der Waals surface area contributed by atoms with Gasteiger partial charge in [0.1, 0.15) is 22.3 Å². The molecule has 0 bridgehead atoms. The number of para-hydroxylation sites is 2. The smallest absolute Gasteiger partial charge is 0.455 e. The van der Waals surface area contributed by atoms with Crippen LogP contribution in [0.2, 0.25) is 0 Å². The summed E-state index contributed by atoms with van der Waals surface area (Å²) in [5.74, 6) is -0.628. The Hall–Kier alpha value is -10.8. The summed E-state index contributed by atoms with van der Waals surface area (Å²) in [6.45, 7) is 0. The normalized spacial score (nSPS) is 14.7. The highest BCUT2D eigenvalue weighted by Crippen LogP contribution is 2.48. The van der Waals surface area contributed by atoms with Crippen molar-refractivity contribution >= 4 is 110 Å². The zero-order valence-electron chi connectivity index (χ0n) is 65.7. The van der Waals surface area contributed by atoms with Gasteiger partial charge in [0.2, 0.25) is 0 Å². The van der Waals surface area contributed by atoms with E-state index in [0.29, 0.717) is 71.0 Å². The molecule has 0 amide bonds.